The second-order valence-electron chi connectivity index (χ2n) is 4.68. The van der Waals surface area contributed by atoms with E-state index in [1.54, 1.807) is 0 Å². The summed E-state index contributed by atoms with van der Waals surface area (Å²) in [5.41, 5.74) is 0. The van der Waals surface area contributed by atoms with Crippen molar-refractivity contribution in [3.8, 4) is 0 Å². The molecule has 0 aliphatic heterocycles. The van der Waals surface area contributed by atoms with E-state index >= 15 is 0 Å². The first-order valence-corrected chi connectivity index (χ1v) is 5.70. The van der Waals surface area contributed by atoms with Crippen molar-refractivity contribution in [3.63, 3.8) is 0 Å². The van der Waals surface area contributed by atoms with E-state index in [9.17, 15) is 0 Å². The highest BCUT2D eigenvalue weighted by molar-refractivity contribution is 4.84. The zero-order valence-electron chi connectivity index (χ0n) is 9.14. The maximum absolute atomic E-state index is 2.43. The Balaban J connectivity index is 2.43. The Morgan fingerprint density at radius 1 is 1.17 bits per heavy atom. The van der Waals surface area contributed by atoms with E-state index in [1.165, 1.54) is 25.7 Å². The molecule has 1 aliphatic rings. The summed E-state index contributed by atoms with van der Waals surface area (Å²) in [6.07, 6.45) is 5.74. The van der Waals surface area contributed by atoms with E-state index in [0.717, 1.165) is 23.7 Å². The molecule has 0 saturated heterocycles. The zero-order chi connectivity index (χ0) is 9.14. The summed E-state index contributed by atoms with van der Waals surface area (Å²) >= 11 is 0. The first-order valence-electron chi connectivity index (χ1n) is 5.70. The van der Waals surface area contributed by atoms with Crippen LogP contribution in [0.1, 0.15) is 53.4 Å². The van der Waals surface area contributed by atoms with Crippen molar-refractivity contribution in [2.45, 2.75) is 53.4 Å². The lowest BCUT2D eigenvalue weighted by Crippen LogP contribution is -2.33. The smallest absolute Gasteiger partial charge is 0.0358 e. The van der Waals surface area contributed by atoms with Crippen molar-refractivity contribution < 1.29 is 0 Å². The van der Waals surface area contributed by atoms with Crippen molar-refractivity contribution in [2.75, 3.05) is 0 Å². The third kappa shape index (κ3) is 1.84. The van der Waals surface area contributed by atoms with Crippen LogP contribution in [0.4, 0.5) is 0 Å². The van der Waals surface area contributed by atoms with Gasteiger partial charge in [-0.1, -0.05) is 47.0 Å². The first-order chi connectivity index (χ1) is 5.70. The van der Waals surface area contributed by atoms with Crippen LogP contribution in [-0.2, 0) is 0 Å². The molecule has 1 rings (SSSR count). The second-order valence-corrected chi connectivity index (χ2v) is 4.68. The summed E-state index contributed by atoms with van der Waals surface area (Å²) in [6.45, 7) is 9.55. The number of hydrogen-bond acceptors (Lipinski definition) is 0. The van der Waals surface area contributed by atoms with Crippen LogP contribution in [0, 0.1) is 23.7 Å². The highest BCUT2D eigenvalue weighted by atomic mass is 14.4. The zero-order valence-corrected chi connectivity index (χ0v) is 9.14. The second kappa shape index (κ2) is 4.30. The fourth-order valence-corrected chi connectivity index (χ4v) is 2.76. The largest absolute Gasteiger partial charge is 0.0651 e. The molecule has 0 aromatic rings. The van der Waals surface area contributed by atoms with Gasteiger partial charge >= 0.3 is 0 Å². The minimum absolute atomic E-state index is 0.947. The van der Waals surface area contributed by atoms with E-state index in [4.69, 9.17) is 0 Å². The topological polar surface area (TPSA) is 0 Å². The highest BCUT2D eigenvalue weighted by Gasteiger charge is 2.34. The monoisotopic (exact) mass is 168 g/mol. The molecular formula is C12H24. The molecule has 0 heteroatoms. The van der Waals surface area contributed by atoms with Crippen LogP contribution in [0.25, 0.3) is 0 Å². The Morgan fingerprint density at radius 2 is 1.83 bits per heavy atom. The van der Waals surface area contributed by atoms with E-state index in [2.05, 4.69) is 27.7 Å². The van der Waals surface area contributed by atoms with Crippen LogP contribution < -0.4 is 0 Å². The average molecular weight is 168 g/mol. The van der Waals surface area contributed by atoms with Crippen molar-refractivity contribution in [1.82, 2.24) is 0 Å². The third-order valence-corrected chi connectivity index (χ3v) is 4.08. The summed E-state index contributed by atoms with van der Waals surface area (Å²) in [7, 11) is 0. The van der Waals surface area contributed by atoms with Crippen molar-refractivity contribution in [2.24, 2.45) is 23.7 Å². The van der Waals surface area contributed by atoms with E-state index in [-0.39, 0.29) is 0 Å². The Bertz CT molecular complexity index is 128. The highest BCUT2D eigenvalue weighted by Crippen LogP contribution is 2.44. The van der Waals surface area contributed by atoms with Gasteiger partial charge in [0.05, 0.1) is 0 Å². The molecular weight excluding hydrogens is 144 g/mol. The minimum Gasteiger partial charge on any atom is -0.0651 e. The molecule has 12 heavy (non-hydrogen) atoms. The summed E-state index contributed by atoms with van der Waals surface area (Å²) in [5.74, 6) is 4.04. The van der Waals surface area contributed by atoms with Gasteiger partial charge in [0.2, 0.25) is 0 Å². The van der Waals surface area contributed by atoms with E-state index in [0.29, 0.717) is 0 Å². The van der Waals surface area contributed by atoms with Gasteiger partial charge in [0, 0.05) is 0 Å². The summed E-state index contributed by atoms with van der Waals surface area (Å²) in [4.78, 5) is 0. The standard InChI is InChI=1S/C12H24/c1-5-9(3)11(6-2)12-8-7-10(12)4/h9-12H,5-8H2,1-4H3. The normalized spacial score (nSPS) is 34.0. The van der Waals surface area contributed by atoms with Crippen LogP contribution in [0.5, 0.6) is 0 Å². The maximum Gasteiger partial charge on any atom is -0.0358 e. The Labute approximate surface area is 77.7 Å². The summed E-state index contributed by atoms with van der Waals surface area (Å²) < 4.78 is 0. The molecule has 0 radical (unpaired) electrons. The molecule has 0 heterocycles. The van der Waals surface area contributed by atoms with Crippen LogP contribution in [0.3, 0.4) is 0 Å². The molecule has 1 fully saturated rings. The van der Waals surface area contributed by atoms with Gasteiger partial charge in [-0.25, -0.2) is 0 Å². The van der Waals surface area contributed by atoms with Crippen molar-refractivity contribution in [1.29, 1.82) is 0 Å². The van der Waals surface area contributed by atoms with Crippen molar-refractivity contribution in [3.05, 3.63) is 0 Å². The van der Waals surface area contributed by atoms with Gasteiger partial charge in [-0.15, -0.1) is 0 Å². The minimum atomic E-state index is 0.947. The fraction of sp³-hybridized carbons (Fsp3) is 1.00. The lowest BCUT2D eigenvalue weighted by molar-refractivity contribution is 0.0786. The molecule has 1 aliphatic carbocycles. The van der Waals surface area contributed by atoms with Crippen molar-refractivity contribution >= 4 is 0 Å². The SMILES string of the molecule is CCC(C)C(CC)C1CCC1C. The van der Waals surface area contributed by atoms with Crippen LogP contribution in [-0.4, -0.2) is 0 Å². The van der Waals surface area contributed by atoms with Crippen LogP contribution >= 0.6 is 0 Å². The van der Waals surface area contributed by atoms with Crippen LogP contribution in [0.15, 0.2) is 0 Å². The molecule has 72 valence electrons. The van der Waals surface area contributed by atoms with Gasteiger partial charge in [0.15, 0.2) is 0 Å². The van der Waals surface area contributed by atoms with Crippen LogP contribution in [0.2, 0.25) is 0 Å². The number of hydrogen-bond donors (Lipinski definition) is 0. The maximum atomic E-state index is 2.43. The Morgan fingerprint density at radius 3 is 2.08 bits per heavy atom. The molecule has 0 spiro atoms. The lowest BCUT2D eigenvalue weighted by atomic mass is 9.63. The lowest BCUT2D eigenvalue weighted by Gasteiger charge is -2.42. The Hall–Kier alpha value is 0. The third-order valence-electron chi connectivity index (χ3n) is 4.08. The van der Waals surface area contributed by atoms with E-state index in [1.807, 2.05) is 0 Å². The molecule has 4 atom stereocenters. The molecule has 0 nitrogen and oxygen atoms in total. The molecule has 0 N–H and O–H groups in total. The molecule has 0 bridgehead atoms. The predicted octanol–water partition coefficient (Wildman–Crippen LogP) is 4.10. The quantitative estimate of drug-likeness (QED) is 0.592. The van der Waals surface area contributed by atoms with Gasteiger partial charge in [-0.3, -0.25) is 0 Å². The Kier molecular flexibility index (Phi) is 3.61. The molecule has 4 unspecified atom stereocenters. The van der Waals surface area contributed by atoms with Gasteiger partial charge in [0.1, 0.15) is 0 Å². The molecule has 1 saturated carbocycles. The fourth-order valence-electron chi connectivity index (χ4n) is 2.76. The summed E-state index contributed by atoms with van der Waals surface area (Å²) in [6, 6.07) is 0. The van der Waals surface area contributed by atoms with Gasteiger partial charge in [-0.05, 0) is 30.1 Å². The summed E-state index contributed by atoms with van der Waals surface area (Å²) in [5, 5.41) is 0. The van der Waals surface area contributed by atoms with E-state index < -0.39 is 0 Å². The molecule has 0 aromatic heterocycles. The van der Waals surface area contributed by atoms with Gasteiger partial charge in [0.25, 0.3) is 0 Å². The predicted molar refractivity (Wildman–Crippen MR) is 55.1 cm³/mol. The first kappa shape index (κ1) is 10.1. The van der Waals surface area contributed by atoms with Gasteiger partial charge in [-0.2, -0.15) is 0 Å². The average Bonchev–Trinajstić information content (AvgIpc) is 2.09. The number of rotatable bonds is 4. The molecule has 0 amide bonds. The van der Waals surface area contributed by atoms with Gasteiger partial charge < -0.3 is 0 Å². The molecule has 0 aromatic carbocycles.